The number of rotatable bonds is 6. The highest BCUT2D eigenvalue weighted by Crippen LogP contribution is 2.60. The maximum atomic E-state index is 12.6. The third-order valence-electron chi connectivity index (χ3n) is 14.6. The molecule has 3 saturated carbocycles. The highest BCUT2D eigenvalue weighted by atomic mass is 16.6. The van der Waals surface area contributed by atoms with E-state index in [1.807, 2.05) is 81.4 Å². The molecule has 13 heteroatoms. The largest absolute Gasteiger partial charge is 0.443 e. The number of nitrogens with one attached hydrogen (secondary N) is 2. The fourth-order valence-corrected chi connectivity index (χ4v) is 10.1. The number of aromatic nitrogens is 2. The predicted octanol–water partition coefficient (Wildman–Crippen LogP) is 6.34. The van der Waals surface area contributed by atoms with Gasteiger partial charge in [0.25, 0.3) is 5.91 Å². The van der Waals surface area contributed by atoms with Gasteiger partial charge in [-0.2, -0.15) is 0 Å². The number of carbonyl (C=O) groups excluding carboxylic acids is 4. The smallest absolute Gasteiger partial charge is 0.410 e. The van der Waals surface area contributed by atoms with Crippen molar-refractivity contribution in [2.24, 2.45) is 22.7 Å². The normalized spacial score (nSPS) is 23.8. The molecule has 58 heavy (non-hydrogen) atoms. The fourth-order valence-electron chi connectivity index (χ4n) is 10.1. The van der Waals surface area contributed by atoms with E-state index in [4.69, 9.17) is 4.74 Å². The number of carbonyl (C=O) groups is 4. The van der Waals surface area contributed by atoms with Crippen LogP contribution in [0.4, 0.5) is 14.4 Å². The first kappa shape index (κ1) is 38.3. The summed E-state index contributed by atoms with van der Waals surface area (Å²) in [6, 6.07) is 13.5. The maximum Gasteiger partial charge on any atom is 0.410 e. The summed E-state index contributed by atoms with van der Waals surface area (Å²) in [5, 5.41) is 6.27. The monoisotopic (exact) mass is 788 g/mol. The molecule has 2 spiro atoms. The number of ether oxygens (including phenoxy) is 1. The number of pyridine rings is 2. The Hall–Kier alpha value is -5.20. The van der Waals surface area contributed by atoms with Gasteiger partial charge >= 0.3 is 18.2 Å². The van der Waals surface area contributed by atoms with Gasteiger partial charge in [0.1, 0.15) is 5.60 Å². The molecule has 5 fully saturated rings. The summed E-state index contributed by atoms with van der Waals surface area (Å²) in [5.74, 6) is 1.20. The third-order valence-corrected chi connectivity index (χ3v) is 14.6. The van der Waals surface area contributed by atoms with Crippen LogP contribution in [0.25, 0.3) is 0 Å². The number of likely N-dealkylation sites (tertiary alicyclic amines) is 2. The molecule has 0 bridgehead atoms. The van der Waals surface area contributed by atoms with Crippen molar-refractivity contribution in [3.05, 3.63) is 95.1 Å². The van der Waals surface area contributed by atoms with Gasteiger partial charge < -0.3 is 35.0 Å². The van der Waals surface area contributed by atoms with Crippen molar-refractivity contribution < 1.29 is 23.9 Å². The van der Waals surface area contributed by atoms with Crippen molar-refractivity contribution in [1.29, 1.82) is 0 Å². The van der Waals surface area contributed by atoms with Crippen molar-refractivity contribution in [1.82, 2.24) is 40.2 Å². The van der Waals surface area contributed by atoms with Crippen molar-refractivity contribution in [3.8, 4) is 0 Å². The molecule has 1 aromatic carbocycles. The number of benzene rings is 1. The lowest BCUT2D eigenvalue weighted by Crippen LogP contribution is -2.46. The van der Waals surface area contributed by atoms with E-state index in [1.165, 1.54) is 11.1 Å². The molecule has 6 amide bonds. The van der Waals surface area contributed by atoms with Gasteiger partial charge in [0.15, 0.2) is 0 Å². The van der Waals surface area contributed by atoms with Crippen LogP contribution in [-0.4, -0.2) is 98.5 Å². The van der Waals surface area contributed by atoms with Gasteiger partial charge in [-0.05, 0) is 134 Å². The maximum absolute atomic E-state index is 12.6. The lowest BCUT2D eigenvalue weighted by molar-refractivity contribution is -0.0511. The first-order chi connectivity index (χ1) is 28.1. The fraction of sp³-hybridized carbons (Fsp3) is 0.556. The van der Waals surface area contributed by atoms with Gasteiger partial charge in [-0.1, -0.05) is 18.2 Å². The molecule has 2 aromatic heterocycles. The van der Waals surface area contributed by atoms with E-state index in [2.05, 4.69) is 20.6 Å². The first-order valence-corrected chi connectivity index (χ1v) is 21.3. The number of nitrogens with zero attached hydrogens (tertiary/aromatic N) is 6. The van der Waals surface area contributed by atoms with Gasteiger partial charge in [-0.25, -0.2) is 14.4 Å². The van der Waals surface area contributed by atoms with E-state index < -0.39 is 0 Å². The second-order valence-electron chi connectivity index (χ2n) is 18.2. The number of urea groups is 2. The Morgan fingerprint density at radius 2 is 1.12 bits per heavy atom. The Balaban J connectivity index is 0.000000150. The van der Waals surface area contributed by atoms with Crippen molar-refractivity contribution in [2.45, 2.75) is 96.5 Å². The molecular weight excluding hydrogens is 733 g/mol. The van der Waals surface area contributed by atoms with E-state index in [-0.39, 0.29) is 29.7 Å². The molecule has 2 saturated heterocycles. The molecule has 13 nitrogen and oxygen atoms in total. The van der Waals surface area contributed by atoms with E-state index in [9.17, 15) is 19.2 Å². The molecule has 1 unspecified atom stereocenters. The van der Waals surface area contributed by atoms with E-state index in [0.29, 0.717) is 48.8 Å². The van der Waals surface area contributed by atoms with Crippen LogP contribution >= 0.6 is 0 Å². The lowest BCUT2D eigenvalue weighted by Gasteiger charge is -2.40. The number of amides is 6. The van der Waals surface area contributed by atoms with Gasteiger partial charge in [0.2, 0.25) is 0 Å². The Labute approximate surface area is 340 Å². The third kappa shape index (κ3) is 7.96. The molecule has 2 atom stereocenters. The second-order valence-corrected chi connectivity index (χ2v) is 18.2. The van der Waals surface area contributed by atoms with Crippen LogP contribution < -0.4 is 10.6 Å². The topological polar surface area (TPSA) is 140 Å². The van der Waals surface area contributed by atoms with Gasteiger partial charge in [0.05, 0.1) is 0 Å². The van der Waals surface area contributed by atoms with Crippen LogP contribution in [0.1, 0.15) is 97.3 Å². The zero-order valence-electron chi connectivity index (χ0n) is 33.7. The average Bonchev–Trinajstić information content (AvgIpc) is 3.92. The number of piperidine rings is 2. The summed E-state index contributed by atoms with van der Waals surface area (Å²) in [5.41, 5.74) is 5.82. The molecule has 6 heterocycles. The van der Waals surface area contributed by atoms with Crippen LogP contribution in [0.3, 0.4) is 0 Å². The molecule has 7 aliphatic rings. The lowest BCUT2D eigenvalue weighted by atomic mass is 9.82. The molecule has 306 valence electrons. The summed E-state index contributed by atoms with van der Waals surface area (Å²) in [6.45, 7) is 9.27. The Kier molecular flexibility index (Phi) is 10.3. The average molecular weight is 789 g/mol. The highest BCUT2D eigenvalue weighted by molar-refractivity contribution is 5.94. The molecule has 10 rings (SSSR count). The predicted molar refractivity (Wildman–Crippen MR) is 216 cm³/mol. The Morgan fingerprint density at radius 3 is 1.59 bits per heavy atom. The zero-order valence-corrected chi connectivity index (χ0v) is 33.7. The van der Waals surface area contributed by atoms with Crippen molar-refractivity contribution in [2.75, 3.05) is 39.3 Å². The van der Waals surface area contributed by atoms with Crippen LogP contribution in [-0.2, 0) is 30.9 Å². The molecular formula is C45H56N8O5. The molecule has 4 aliphatic heterocycles. The van der Waals surface area contributed by atoms with Crippen LogP contribution in [0, 0.1) is 22.7 Å². The summed E-state index contributed by atoms with van der Waals surface area (Å²) in [6.07, 6.45) is 16.6. The quantitative estimate of drug-likeness (QED) is 0.297. The first-order valence-electron chi connectivity index (χ1n) is 21.3. The minimum Gasteiger partial charge on any atom is -0.443 e. The standard InChI is InChI=1S/C23H26N4O2.C22H30N4O3/c28-21(17-4-2-1-3-5-17)26-10-7-23(8-11-26)12-20(23)14-25-22(29)27-15-18-6-9-24-13-19(18)16-27;1-21(4-2-5-21)29-20(28)25-9-6-22(7-10-25)11-18(22)13-24-19(27)26-14-16-3-8-23-12-17(16)15-26/h1-6,9,13,20H,7-8,10-12,14-16H2,(H,25,29);3,8,12,18H,2,4-7,9-11,13-15H2,1H3,(H,24,27)/t;18-/m.1/s1. The van der Waals surface area contributed by atoms with Crippen LogP contribution in [0.2, 0.25) is 0 Å². The zero-order chi connectivity index (χ0) is 39.9. The van der Waals surface area contributed by atoms with Gasteiger partial charge in [-0.15, -0.1) is 0 Å². The van der Waals surface area contributed by atoms with Crippen LogP contribution in [0.15, 0.2) is 67.3 Å². The summed E-state index contributed by atoms with van der Waals surface area (Å²) < 4.78 is 5.71. The summed E-state index contributed by atoms with van der Waals surface area (Å²) in [7, 11) is 0. The SMILES string of the molecule is CC1(OC(=O)N2CCC3(CC2)C[C@@H]3CNC(=O)N2Cc3ccncc3C2)CCC1.O=C(NCC1CC12CCN(C(=O)c1ccccc1)CC2)N1Cc2ccncc2C1. The number of hydrogen-bond acceptors (Lipinski definition) is 7. The Morgan fingerprint density at radius 1 is 0.638 bits per heavy atom. The minimum absolute atomic E-state index is 0.0120. The van der Waals surface area contributed by atoms with Gasteiger partial charge in [0, 0.05) is 95.8 Å². The highest BCUT2D eigenvalue weighted by Gasteiger charge is 2.56. The van der Waals surface area contributed by atoms with E-state index in [1.54, 1.807) is 12.4 Å². The molecule has 0 radical (unpaired) electrons. The van der Waals surface area contributed by atoms with Crippen LogP contribution in [0.5, 0.6) is 0 Å². The number of hydrogen-bond donors (Lipinski definition) is 2. The van der Waals surface area contributed by atoms with Crippen molar-refractivity contribution >= 4 is 24.1 Å². The van der Waals surface area contributed by atoms with E-state index >= 15 is 0 Å². The molecule has 3 aliphatic carbocycles. The Bertz CT molecular complexity index is 1970. The van der Waals surface area contributed by atoms with Crippen molar-refractivity contribution in [3.63, 3.8) is 0 Å². The summed E-state index contributed by atoms with van der Waals surface area (Å²) in [4.78, 5) is 66.0. The number of fused-ring (bicyclic) bond motifs is 2. The molecule has 3 aromatic rings. The van der Waals surface area contributed by atoms with Gasteiger partial charge in [-0.3, -0.25) is 14.8 Å². The summed E-state index contributed by atoms with van der Waals surface area (Å²) >= 11 is 0. The minimum atomic E-state index is -0.232. The second kappa shape index (κ2) is 15.5. The van der Waals surface area contributed by atoms with E-state index in [0.717, 1.165) is 114 Å². The molecule has 2 N–H and O–H groups in total.